The molecule has 10 aromatic rings. The molecule has 2 aliphatic rings. The number of para-hydroxylation sites is 3. The van der Waals surface area contributed by atoms with Gasteiger partial charge in [0.25, 0.3) is 0 Å². The first-order chi connectivity index (χ1) is 25.1. The second-order valence-corrected chi connectivity index (χ2v) is 14.8. The molecule has 0 amide bonds. The largest absolute Gasteiger partial charge is 0.309 e. The van der Waals surface area contributed by atoms with Crippen LogP contribution in [-0.2, 0) is 5.41 Å². The summed E-state index contributed by atoms with van der Waals surface area (Å²) in [6.45, 7) is 4.87. The van der Waals surface area contributed by atoms with E-state index in [0.717, 1.165) is 0 Å². The molecule has 0 fully saturated rings. The Balaban J connectivity index is 1.36. The average molecular weight is 649 g/mol. The van der Waals surface area contributed by atoms with E-state index in [1.54, 1.807) is 0 Å². The number of hydrogen-bond acceptors (Lipinski definition) is 0. The van der Waals surface area contributed by atoms with Gasteiger partial charge in [0.15, 0.2) is 0 Å². The third-order valence-corrected chi connectivity index (χ3v) is 12.0. The zero-order valence-electron chi connectivity index (χ0n) is 28.4. The number of nitrogens with zero attached hydrogens (tertiary/aromatic N) is 2. The van der Waals surface area contributed by atoms with Crippen LogP contribution in [0, 0.1) is 0 Å². The maximum Gasteiger partial charge on any atom is 0.0630 e. The van der Waals surface area contributed by atoms with Crippen molar-refractivity contribution in [3.05, 3.63) is 169 Å². The summed E-state index contributed by atoms with van der Waals surface area (Å²) < 4.78 is 5.15. The van der Waals surface area contributed by atoms with Crippen LogP contribution in [0.1, 0.15) is 25.0 Å². The van der Waals surface area contributed by atoms with E-state index in [1.807, 2.05) is 0 Å². The van der Waals surface area contributed by atoms with Gasteiger partial charge in [-0.1, -0.05) is 141 Å². The summed E-state index contributed by atoms with van der Waals surface area (Å²) in [7, 11) is 0. The smallest absolute Gasteiger partial charge is 0.0630 e. The molecule has 0 spiro atoms. The molecule has 0 saturated carbocycles. The van der Waals surface area contributed by atoms with Gasteiger partial charge in [-0.25, -0.2) is 0 Å². The summed E-state index contributed by atoms with van der Waals surface area (Å²) in [5, 5.41) is 7.86. The highest BCUT2D eigenvalue weighted by Crippen LogP contribution is 2.58. The van der Waals surface area contributed by atoms with Crippen molar-refractivity contribution in [2.24, 2.45) is 0 Å². The van der Waals surface area contributed by atoms with Gasteiger partial charge in [0.1, 0.15) is 0 Å². The van der Waals surface area contributed by atoms with Crippen LogP contribution in [0.5, 0.6) is 0 Å². The third kappa shape index (κ3) is 3.24. The lowest BCUT2D eigenvalue weighted by molar-refractivity contribution is 0.664. The summed E-state index contributed by atoms with van der Waals surface area (Å²) in [5.41, 5.74) is 18.0. The predicted octanol–water partition coefficient (Wildman–Crippen LogP) is 13.0. The molecule has 0 bridgehead atoms. The molecule has 2 heterocycles. The van der Waals surface area contributed by atoms with Gasteiger partial charge in [-0.05, 0) is 74.7 Å². The van der Waals surface area contributed by atoms with Crippen molar-refractivity contribution in [1.82, 2.24) is 9.13 Å². The monoisotopic (exact) mass is 648 g/mol. The minimum Gasteiger partial charge on any atom is -0.309 e. The zero-order chi connectivity index (χ0) is 33.6. The lowest BCUT2D eigenvalue weighted by atomic mass is 9.81. The van der Waals surface area contributed by atoms with E-state index in [0.29, 0.717) is 0 Å². The highest BCUT2D eigenvalue weighted by atomic mass is 15.0. The first-order valence-corrected chi connectivity index (χ1v) is 18.0. The van der Waals surface area contributed by atoms with Gasteiger partial charge >= 0.3 is 0 Å². The molecule has 0 unspecified atom stereocenters. The number of benzene rings is 8. The number of fused-ring (bicyclic) bond motifs is 15. The lowest BCUT2D eigenvalue weighted by Gasteiger charge is -2.25. The first kappa shape index (κ1) is 27.4. The zero-order valence-corrected chi connectivity index (χ0v) is 28.4. The Kier molecular flexibility index (Phi) is 5.08. The van der Waals surface area contributed by atoms with E-state index in [-0.39, 0.29) is 5.41 Å². The molecule has 2 aromatic heterocycles. The van der Waals surface area contributed by atoms with Crippen molar-refractivity contribution < 1.29 is 0 Å². The maximum absolute atomic E-state index is 2.62. The Hall–Kier alpha value is -6.38. The van der Waals surface area contributed by atoms with Gasteiger partial charge in [0, 0.05) is 43.6 Å². The predicted molar refractivity (Wildman–Crippen MR) is 215 cm³/mol. The normalized spacial score (nSPS) is 13.8. The first-order valence-electron chi connectivity index (χ1n) is 18.0. The molecule has 238 valence electrons. The van der Waals surface area contributed by atoms with E-state index in [9.17, 15) is 0 Å². The van der Waals surface area contributed by atoms with E-state index < -0.39 is 0 Å². The van der Waals surface area contributed by atoms with Gasteiger partial charge in [-0.2, -0.15) is 0 Å². The second-order valence-electron chi connectivity index (χ2n) is 14.8. The van der Waals surface area contributed by atoms with Gasteiger partial charge in [0.05, 0.1) is 27.8 Å². The van der Waals surface area contributed by atoms with Crippen molar-refractivity contribution in [3.63, 3.8) is 0 Å². The standard InChI is InChI=1S/C49H32N2/c1-49(2)38-24-11-8-19-34(38)45-46(49)48-44(43-36-20-9-12-25-39(36)50(47(43)45)29-15-4-3-5-16-29)37-21-10-13-26-40(37)51(48)41-28-27-33-31-18-7-6-17-30(31)32-22-14-23-35(41)42(32)33/h3-28H,1-2H3. The van der Waals surface area contributed by atoms with Crippen LogP contribution >= 0.6 is 0 Å². The molecule has 0 N–H and O–H groups in total. The molecule has 51 heavy (non-hydrogen) atoms. The topological polar surface area (TPSA) is 9.86 Å². The fourth-order valence-electron chi connectivity index (χ4n) is 10.0. The highest BCUT2D eigenvalue weighted by Gasteiger charge is 2.42. The van der Waals surface area contributed by atoms with E-state index in [4.69, 9.17) is 0 Å². The Morgan fingerprint density at radius 1 is 0.392 bits per heavy atom. The van der Waals surface area contributed by atoms with Gasteiger partial charge in [-0.15, -0.1) is 0 Å². The molecule has 0 saturated heterocycles. The van der Waals surface area contributed by atoms with Crippen LogP contribution in [0.2, 0.25) is 0 Å². The Morgan fingerprint density at radius 2 is 0.941 bits per heavy atom. The van der Waals surface area contributed by atoms with Gasteiger partial charge in [-0.3, -0.25) is 0 Å². The van der Waals surface area contributed by atoms with Crippen LogP contribution in [-0.4, -0.2) is 9.13 Å². The Labute approximate surface area is 295 Å². The molecule has 0 atom stereocenters. The van der Waals surface area contributed by atoms with Gasteiger partial charge in [0.2, 0.25) is 0 Å². The summed E-state index contributed by atoms with van der Waals surface area (Å²) in [6, 6.07) is 58.7. The molecular weight excluding hydrogens is 617 g/mol. The summed E-state index contributed by atoms with van der Waals surface area (Å²) >= 11 is 0. The molecule has 12 rings (SSSR count). The average Bonchev–Trinajstić information content (AvgIpc) is 3.87. The third-order valence-electron chi connectivity index (χ3n) is 12.0. The van der Waals surface area contributed by atoms with E-state index >= 15 is 0 Å². The number of hydrogen-bond donors (Lipinski definition) is 0. The van der Waals surface area contributed by atoms with Crippen molar-refractivity contribution in [2.75, 3.05) is 0 Å². The molecule has 0 radical (unpaired) electrons. The number of rotatable bonds is 2. The summed E-state index contributed by atoms with van der Waals surface area (Å²) in [6.07, 6.45) is 0. The highest BCUT2D eigenvalue weighted by molar-refractivity contribution is 6.33. The fraction of sp³-hybridized carbons (Fsp3) is 0.0612. The molecule has 2 heteroatoms. The van der Waals surface area contributed by atoms with Crippen LogP contribution in [0.15, 0.2) is 158 Å². The Bertz CT molecular complexity index is 3120. The van der Waals surface area contributed by atoms with Crippen molar-refractivity contribution >= 4 is 54.4 Å². The van der Waals surface area contributed by atoms with Crippen LogP contribution in [0.3, 0.4) is 0 Å². The van der Waals surface area contributed by atoms with Crippen molar-refractivity contribution in [1.29, 1.82) is 0 Å². The van der Waals surface area contributed by atoms with Crippen molar-refractivity contribution in [2.45, 2.75) is 19.3 Å². The molecule has 2 aliphatic carbocycles. The second kappa shape index (κ2) is 9.44. The molecule has 2 nitrogen and oxygen atoms in total. The lowest BCUT2D eigenvalue weighted by Crippen LogP contribution is -2.16. The van der Waals surface area contributed by atoms with Gasteiger partial charge < -0.3 is 9.13 Å². The molecular formula is C49H32N2. The van der Waals surface area contributed by atoms with Crippen LogP contribution < -0.4 is 0 Å². The summed E-state index contributed by atoms with van der Waals surface area (Å²) in [5.74, 6) is 0. The Morgan fingerprint density at radius 3 is 1.69 bits per heavy atom. The van der Waals surface area contributed by atoms with E-state index in [2.05, 4.69) is 181 Å². The number of aromatic nitrogens is 2. The minimum absolute atomic E-state index is 0.242. The van der Waals surface area contributed by atoms with E-state index in [1.165, 1.54) is 110 Å². The van der Waals surface area contributed by atoms with Crippen molar-refractivity contribution in [3.8, 4) is 44.8 Å². The van der Waals surface area contributed by atoms with Crippen LogP contribution in [0.4, 0.5) is 0 Å². The quantitative estimate of drug-likeness (QED) is 0.177. The summed E-state index contributed by atoms with van der Waals surface area (Å²) in [4.78, 5) is 0. The SMILES string of the molecule is CC1(C)c2ccccc2-c2c1c1c(c3ccccc3n1-c1ccc3c4c(cccc14)-c1ccccc1-3)c1c3ccccc3n(-c3ccccc3)c21. The molecule has 8 aromatic carbocycles. The minimum atomic E-state index is -0.242. The fourth-order valence-corrected chi connectivity index (χ4v) is 10.0. The molecule has 0 aliphatic heterocycles. The maximum atomic E-state index is 2.62. The van der Waals surface area contributed by atoms with Crippen LogP contribution in [0.25, 0.3) is 99.1 Å².